The molecule has 2 aromatic carbocycles. The lowest BCUT2D eigenvalue weighted by Gasteiger charge is -2.12. The number of ether oxygens (including phenoxy) is 3. The number of hydrogen-bond donors (Lipinski definition) is 0. The Balaban J connectivity index is 2.16. The van der Waals surface area contributed by atoms with Gasteiger partial charge >= 0.3 is 0 Å². The summed E-state index contributed by atoms with van der Waals surface area (Å²) in [5.41, 5.74) is 0.969. The maximum atomic E-state index is 13.8. The van der Waals surface area contributed by atoms with Gasteiger partial charge in [-0.25, -0.2) is 4.39 Å². The van der Waals surface area contributed by atoms with Crippen molar-refractivity contribution >= 4 is 0 Å². The van der Waals surface area contributed by atoms with Crippen molar-refractivity contribution in [3.05, 3.63) is 53.8 Å². The highest BCUT2D eigenvalue weighted by Gasteiger charge is 2.12. The molecule has 0 fully saturated rings. The fourth-order valence-electron chi connectivity index (χ4n) is 1.68. The van der Waals surface area contributed by atoms with Crippen molar-refractivity contribution < 1.29 is 18.6 Å². The third kappa shape index (κ3) is 3.16. The molecule has 0 radical (unpaired) electrons. The average molecular weight is 262 g/mol. The largest absolute Gasteiger partial charge is 0.493 e. The molecule has 0 aromatic heterocycles. The molecule has 0 spiro atoms. The predicted octanol–water partition coefficient (Wildman–Crippen LogP) is 3.42. The van der Waals surface area contributed by atoms with E-state index in [9.17, 15) is 4.39 Å². The smallest absolute Gasteiger partial charge is 0.169 e. The van der Waals surface area contributed by atoms with Crippen LogP contribution in [0.25, 0.3) is 0 Å². The van der Waals surface area contributed by atoms with Crippen LogP contribution in [0.5, 0.6) is 17.2 Å². The fourth-order valence-corrected chi connectivity index (χ4v) is 1.68. The van der Waals surface area contributed by atoms with E-state index in [0.717, 1.165) is 5.56 Å². The Labute approximate surface area is 111 Å². The molecule has 0 saturated heterocycles. The summed E-state index contributed by atoms with van der Waals surface area (Å²) in [5.74, 6) is 0.439. The number of halogens is 1. The molecule has 0 N–H and O–H groups in total. The zero-order valence-electron chi connectivity index (χ0n) is 10.9. The first-order valence-electron chi connectivity index (χ1n) is 5.83. The SMILES string of the molecule is COc1cc(F)c(OCc2ccccc2)cc1OC. The Bertz CT molecular complexity index is 541. The Kier molecular flexibility index (Phi) is 4.23. The first kappa shape index (κ1) is 13.2. The number of rotatable bonds is 5. The van der Waals surface area contributed by atoms with E-state index in [4.69, 9.17) is 14.2 Å². The molecule has 0 atom stereocenters. The quantitative estimate of drug-likeness (QED) is 0.826. The van der Waals surface area contributed by atoms with E-state index in [1.165, 1.54) is 26.4 Å². The van der Waals surface area contributed by atoms with Crippen molar-refractivity contribution in [1.29, 1.82) is 0 Å². The summed E-state index contributed by atoms with van der Waals surface area (Å²) in [6.45, 7) is 0.299. The molecule has 2 rings (SSSR count). The van der Waals surface area contributed by atoms with Crippen molar-refractivity contribution in [2.75, 3.05) is 14.2 Å². The van der Waals surface area contributed by atoms with Crippen LogP contribution >= 0.6 is 0 Å². The van der Waals surface area contributed by atoms with Gasteiger partial charge in [-0.2, -0.15) is 0 Å². The molecular formula is C15H15FO3. The molecule has 0 aliphatic rings. The molecule has 100 valence electrons. The van der Waals surface area contributed by atoms with Crippen LogP contribution < -0.4 is 14.2 Å². The summed E-state index contributed by atoms with van der Waals surface area (Å²) >= 11 is 0. The van der Waals surface area contributed by atoms with E-state index >= 15 is 0 Å². The lowest BCUT2D eigenvalue weighted by molar-refractivity contribution is 0.284. The highest BCUT2D eigenvalue weighted by molar-refractivity contribution is 5.46. The van der Waals surface area contributed by atoms with E-state index in [0.29, 0.717) is 18.1 Å². The molecule has 0 amide bonds. The van der Waals surface area contributed by atoms with Gasteiger partial charge in [0.05, 0.1) is 14.2 Å². The first-order chi connectivity index (χ1) is 9.24. The number of benzene rings is 2. The second-order valence-electron chi connectivity index (χ2n) is 3.91. The number of methoxy groups -OCH3 is 2. The van der Waals surface area contributed by atoms with Gasteiger partial charge in [0.2, 0.25) is 0 Å². The van der Waals surface area contributed by atoms with Crippen molar-refractivity contribution in [3.63, 3.8) is 0 Å². The number of hydrogen-bond acceptors (Lipinski definition) is 3. The van der Waals surface area contributed by atoms with Crippen molar-refractivity contribution in [3.8, 4) is 17.2 Å². The van der Waals surface area contributed by atoms with Gasteiger partial charge in [0.25, 0.3) is 0 Å². The van der Waals surface area contributed by atoms with Gasteiger partial charge in [-0.05, 0) is 5.56 Å². The molecule has 0 bridgehead atoms. The minimum Gasteiger partial charge on any atom is -0.493 e. The van der Waals surface area contributed by atoms with Crippen LogP contribution in [-0.4, -0.2) is 14.2 Å². The fraction of sp³-hybridized carbons (Fsp3) is 0.200. The van der Waals surface area contributed by atoms with Gasteiger partial charge in [0.15, 0.2) is 23.1 Å². The third-order valence-electron chi connectivity index (χ3n) is 2.68. The van der Waals surface area contributed by atoms with Gasteiger partial charge in [0.1, 0.15) is 6.61 Å². The lowest BCUT2D eigenvalue weighted by atomic mass is 10.2. The highest BCUT2D eigenvalue weighted by atomic mass is 19.1. The van der Waals surface area contributed by atoms with E-state index in [1.54, 1.807) is 0 Å². The van der Waals surface area contributed by atoms with Crippen molar-refractivity contribution in [1.82, 2.24) is 0 Å². The molecule has 3 nitrogen and oxygen atoms in total. The van der Waals surface area contributed by atoms with Crippen LogP contribution in [0.2, 0.25) is 0 Å². The van der Waals surface area contributed by atoms with Crippen LogP contribution in [0.3, 0.4) is 0 Å². The molecule has 4 heteroatoms. The second kappa shape index (κ2) is 6.09. The van der Waals surface area contributed by atoms with Crippen LogP contribution in [0.1, 0.15) is 5.56 Å². The molecule has 0 saturated carbocycles. The molecule has 2 aromatic rings. The standard InChI is InChI=1S/C15H15FO3/c1-17-14-8-12(16)13(9-15(14)18-2)19-10-11-6-4-3-5-7-11/h3-9H,10H2,1-2H3. The van der Waals surface area contributed by atoms with Crippen molar-refractivity contribution in [2.45, 2.75) is 6.61 Å². The molecule has 0 unspecified atom stereocenters. The first-order valence-corrected chi connectivity index (χ1v) is 5.83. The molecule has 19 heavy (non-hydrogen) atoms. The van der Waals surface area contributed by atoms with Crippen molar-refractivity contribution in [2.24, 2.45) is 0 Å². The van der Waals surface area contributed by atoms with E-state index in [2.05, 4.69) is 0 Å². The van der Waals surface area contributed by atoms with Crippen LogP contribution in [0, 0.1) is 5.82 Å². The Morgan fingerprint density at radius 1 is 0.895 bits per heavy atom. The Hall–Kier alpha value is -2.23. The average Bonchev–Trinajstić information content (AvgIpc) is 2.46. The topological polar surface area (TPSA) is 27.7 Å². The minimum absolute atomic E-state index is 0.140. The maximum Gasteiger partial charge on any atom is 0.169 e. The van der Waals surface area contributed by atoms with Gasteiger partial charge < -0.3 is 14.2 Å². The summed E-state index contributed by atoms with van der Waals surface area (Å²) in [7, 11) is 2.96. The summed E-state index contributed by atoms with van der Waals surface area (Å²) < 4.78 is 29.4. The molecular weight excluding hydrogens is 247 g/mol. The highest BCUT2D eigenvalue weighted by Crippen LogP contribution is 2.33. The van der Waals surface area contributed by atoms with Gasteiger partial charge in [-0.15, -0.1) is 0 Å². The van der Waals surface area contributed by atoms with Crippen LogP contribution in [-0.2, 0) is 6.61 Å². The monoisotopic (exact) mass is 262 g/mol. The third-order valence-corrected chi connectivity index (χ3v) is 2.68. The summed E-state index contributed by atoms with van der Waals surface area (Å²) in [6, 6.07) is 12.3. The zero-order valence-corrected chi connectivity index (χ0v) is 10.9. The van der Waals surface area contributed by atoms with Gasteiger partial charge in [-0.3, -0.25) is 0 Å². The Morgan fingerprint density at radius 3 is 2.16 bits per heavy atom. The zero-order chi connectivity index (χ0) is 13.7. The normalized spacial score (nSPS) is 10.1. The summed E-state index contributed by atoms with van der Waals surface area (Å²) in [5, 5.41) is 0. The second-order valence-corrected chi connectivity index (χ2v) is 3.91. The lowest BCUT2D eigenvalue weighted by Crippen LogP contribution is -1.99. The van der Waals surface area contributed by atoms with Gasteiger partial charge in [0, 0.05) is 12.1 Å². The predicted molar refractivity (Wildman–Crippen MR) is 70.3 cm³/mol. The molecule has 0 aliphatic carbocycles. The summed E-state index contributed by atoms with van der Waals surface area (Å²) in [4.78, 5) is 0. The molecule has 0 heterocycles. The van der Waals surface area contributed by atoms with E-state index in [-0.39, 0.29) is 5.75 Å². The van der Waals surface area contributed by atoms with Crippen LogP contribution in [0.4, 0.5) is 4.39 Å². The van der Waals surface area contributed by atoms with E-state index in [1.807, 2.05) is 30.3 Å². The maximum absolute atomic E-state index is 13.8. The van der Waals surface area contributed by atoms with Crippen LogP contribution in [0.15, 0.2) is 42.5 Å². The molecule has 0 aliphatic heterocycles. The summed E-state index contributed by atoms with van der Waals surface area (Å²) in [6.07, 6.45) is 0. The minimum atomic E-state index is -0.478. The van der Waals surface area contributed by atoms with E-state index < -0.39 is 5.82 Å². The Morgan fingerprint density at radius 2 is 1.53 bits per heavy atom. The van der Waals surface area contributed by atoms with Gasteiger partial charge in [-0.1, -0.05) is 30.3 Å².